The molecule has 126 valence electrons. The zero-order valence-electron chi connectivity index (χ0n) is 13.3. The van der Waals surface area contributed by atoms with E-state index in [1.165, 1.54) is 26.2 Å². The number of carbonyl (C=O) groups is 1. The first-order chi connectivity index (χ1) is 10.3. The van der Waals surface area contributed by atoms with Crippen molar-refractivity contribution in [1.82, 2.24) is 0 Å². The molecule has 6 unspecified atom stereocenters. The molecule has 3 aliphatic carbocycles. The minimum atomic E-state index is -4.55. The molecule has 3 saturated carbocycles. The fourth-order valence-corrected chi connectivity index (χ4v) is 5.04. The van der Waals surface area contributed by atoms with Crippen LogP contribution in [0.3, 0.4) is 0 Å². The molecule has 0 radical (unpaired) electrons. The van der Waals surface area contributed by atoms with Gasteiger partial charge in [0.2, 0.25) is 0 Å². The van der Waals surface area contributed by atoms with Crippen LogP contribution in [0.2, 0.25) is 0 Å². The average Bonchev–Trinajstić information content (AvgIpc) is 3.04. The van der Waals surface area contributed by atoms with E-state index in [-0.39, 0.29) is 12.5 Å². The Morgan fingerprint density at radius 2 is 1.73 bits per heavy atom. The third-order valence-corrected chi connectivity index (χ3v) is 6.66. The Hall–Kier alpha value is -0.740. The van der Waals surface area contributed by atoms with Crippen molar-refractivity contribution in [2.45, 2.75) is 71.1 Å². The van der Waals surface area contributed by atoms with E-state index in [4.69, 9.17) is 4.74 Å². The lowest BCUT2D eigenvalue weighted by Crippen LogP contribution is -2.46. The van der Waals surface area contributed by atoms with Gasteiger partial charge in [-0.1, -0.05) is 19.8 Å². The van der Waals surface area contributed by atoms with E-state index in [0.717, 1.165) is 32.1 Å². The minimum Gasteiger partial charge on any atom is -0.461 e. The second kappa shape index (κ2) is 5.41. The van der Waals surface area contributed by atoms with E-state index >= 15 is 0 Å². The van der Waals surface area contributed by atoms with Crippen molar-refractivity contribution in [3.05, 3.63) is 0 Å². The highest BCUT2D eigenvalue weighted by Crippen LogP contribution is 2.58. The van der Waals surface area contributed by atoms with Crippen molar-refractivity contribution >= 4 is 5.97 Å². The summed E-state index contributed by atoms with van der Waals surface area (Å²) in [6, 6.07) is 0. The lowest BCUT2D eigenvalue weighted by atomic mass is 9.70. The van der Waals surface area contributed by atoms with Gasteiger partial charge in [0.15, 0.2) is 5.41 Å². The molecular weight excluding hydrogens is 293 g/mol. The van der Waals surface area contributed by atoms with Crippen LogP contribution < -0.4 is 0 Å². The summed E-state index contributed by atoms with van der Waals surface area (Å²) >= 11 is 0. The zero-order valence-corrected chi connectivity index (χ0v) is 13.3. The number of alkyl halides is 3. The van der Waals surface area contributed by atoms with E-state index in [1.54, 1.807) is 0 Å². The molecule has 0 aliphatic heterocycles. The smallest absolute Gasteiger partial charge is 0.404 e. The molecule has 0 spiro atoms. The monoisotopic (exact) mass is 318 g/mol. The number of ether oxygens (including phenoxy) is 1. The van der Waals surface area contributed by atoms with Crippen molar-refractivity contribution in [3.8, 4) is 0 Å². The fraction of sp³-hybridized carbons (Fsp3) is 0.941. The highest BCUT2D eigenvalue weighted by atomic mass is 19.4. The Morgan fingerprint density at radius 1 is 1.09 bits per heavy atom. The maximum absolute atomic E-state index is 13.2. The topological polar surface area (TPSA) is 26.3 Å². The minimum absolute atomic E-state index is 0.276. The third-order valence-electron chi connectivity index (χ3n) is 6.66. The molecule has 2 nitrogen and oxygen atoms in total. The summed E-state index contributed by atoms with van der Waals surface area (Å²) in [6.45, 7) is 2.36. The van der Waals surface area contributed by atoms with Crippen molar-refractivity contribution in [3.63, 3.8) is 0 Å². The molecule has 0 amide bonds. The van der Waals surface area contributed by atoms with Gasteiger partial charge in [0.1, 0.15) is 6.10 Å². The maximum atomic E-state index is 13.2. The Labute approximate surface area is 129 Å². The number of hydrogen-bond acceptors (Lipinski definition) is 2. The predicted octanol–water partition coefficient (Wildman–Crippen LogP) is 4.72. The lowest BCUT2D eigenvalue weighted by molar-refractivity contribution is -0.235. The number of esters is 1. The standard InChI is InChI=1S/C17H25F3O2/c1-3-16(2,17(18,19)20)15(21)22-14-9-10-8-13(14)12-7-5-4-6-11(10)12/h10-14H,3-9H2,1-2H3. The van der Waals surface area contributed by atoms with Crippen molar-refractivity contribution in [2.24, 2.45) is 29.1 Å². The quantitative estimate of drug-likeness (QED) is 0.704. The van der Waals surface area contributed by atoms with Gasteiger partial charge in [-0.15, -0.1) is 0 Å². The van der Waals surface area contributed by atoms with Gasteiger partial charge in [0.25, 0.3) is 0 Å². The van der Waals surface area contributed by atoms with Crippen LogP contribution >= 0.6 is 0 Å². The second-order valence-corrected chi connectivity index (χ2v) is 7.63. The number of hydrogen-bond donors (Lipinski definition) is 0. The highest BCUT2D eigenvalue weighted by Gasteiger charge is 2.59. The van der Waals surface area contributed by atoms with Gasteiger partial charge in [-0.2, -0.15) is 13.2 Å². The van der Waals surface area contributed by atoms with Gasteiger partial charge in [0.05, 0.1) is 0 Å². The van der Waals surface area contributed by atoms with Crippen molar-refractivity contribution in [2.75, 3.05) is 0 Å². The molecule has 3 rings (SSSR count). The van der Waals surface area contributed by atoms with Crippen molar-refractivity contribution < 1.29 is 22.7 Å². The van der Waals surface area contributed by atoms with E-state index < -0.39 is 17.6 Å². The summed E-state index contributed by atoms with van der Waals surface area (Å²) in [5, 5.41) is 0. The highest BCUT2D eigenvalue weighted by molar-refractivity contribution is 5.77. The third kappa shape index (κ3) is 2.35. The molecule has 0 aromatic rings. The largest absolute Gasteiger partial charge is 0.461 e. The Bertz CT molecular complexity index is 448. The van der Waals surface area contributed by atoms with Gasteiger partial charge >= 0.3 is 12.1 Å². The van der Waals surface area contributed by atoms with E-state index in [1.807, 2.05) is 0 Å². The molecule has 3 fully saturated rings. The molecule has 0 N–H and O–H groups in total. The number of carbonyl (C=O) groups excluding carboxylic acids is 1. The van der Waals surface area contributed by atoms with Crippen LogP contribution in [0.15, 0.2) is 0 Å². The van der Waals surface area contributed by atoms with Crippen molar-refractivity contribution in [1.29, 1.82) is 0 Å². The number of rotatable bonds is 3. The van der Waals surface area contributed by atoms with Crippen LogP contribution in [-0.4, -0.2) is 18.2 Å². The Kier molecular flexibility index (Phi) is 3.97. The molecule has 0 heterocycles. The van der Waals surface area contributed by atoms with E-state index in [9.17, 15) is 18.0 Å². The zero-order chi connectivity index (χ0) is 16.1. The normalized spacial score (nSPS) is 40.1. The molecule has 5 heteroatoms. The van der Waals surface area contributed by atoms with Crippen LogP contribution in [0.5, 0.6) is 0 Å². The summed E-state index contributed by atoms with van der Waals surface area (Å²) in [4.78, 5) is 12.2. The molecule has 22 heavy (non-hydrogen) atoms. The van der Waals surface area contributed by atoms with Gasteiger partial charge in [-0.05, 0) is 62.7 Å². The average molecular weight is 318 g/mol. The first kappa shape index (κ1) is 16.1. The maximum Gasteiger partial charge on any atom is 0.404 e. The lowest BCUT2D eigenvalue weighted by Gasteiger charge is -2.39. The SMILES string of the molecule is CCC(C)(C(=O)OC1CC2CC1C1CCCCC21)C(F)(F)F. The summed E-state index contributed by atoms with van der Waals surface area (Å²) in [6.07, 6.45) is 1.59. The molecule has 0 saturated heterocycles. The second-order valence-electron chi connectivity index (χ2n) is 7.63. The van der Waals surface area contributed by atoms with Crippen LogP contribution in [-0.2, 0) is 9.53 Å². The van der Waals surface area contributed by atoms with Gasteiger partial charge in [0, 0.05) is 0 Å². The molecule has 0 aromatic carbocycles. The van der Waals surface area contributed by atoms with Crippen LogP contribution in [0.4, 0.5) is 13.2 Å². The molecule has 2 bridgehead atoms. The molecule has 6 atom stereocenters. The van der Waals surface area contributed by atoms with Gasteiger partial charge in [-0.25, -0.2) is 0 Å². The number of halogens is 3. The van der Waals surface area contributed by atoms with Crippen LogP contribution in [0.25, 0.3) is 0 Å². The van der Waals surface area contributed by atoms with E-state index in [2.05, 4.69) is 0 Å². The predicted molar refractivity (Wildman–Crippen MR) is 76.0 cm³/mol. The molecule has 0 aromatic heterocycles. The van der Waals surface area contributed by atoms with E-state index in [0.29, 0.717) is 17.8 Å². The Morgan fingerprint density at radius 3 is 2.32 bits per heavy atom. The summed E-state index contributed by atoms with van der Waals surface area (Å²) in [7, 11) is 0. The molecular formula is C17H25F3O2. The summed E-state index contributed by atoms with van der Waals surface area (Å²) < 4.78 is 45.0. The Balaban J connectivity index is 1.69. The van der Waals surface area contributed by atoms with Gasteiger partial charge in [-0.3, -0.25) is 4.79 Å². The first-order valence-electron chi connectivity index (χ1n) is 8.55. The summed E-state index contributed by atoms with van der Waals surface area (Å²) in [5.74, 6) is 1.09. The fourth-order valence-electron chi connectivity index (χ4n) is 5.04. The van der Waals surface area contributed by atoms with Crippen LogP contribution in [0.1, 0.15) is 58.8 Å². The number of fused-ring (bicyclic) bond motifs is 5. The first-order valence-corrected chi connectivity index (χ1v) is 8.55. The van der Waals surface area contributed by atoms with Gasteiger partial charge < -0.3 is 4.74 Å². The molecule has 3 aliphatic rings. The summed E-state index contributed by atoms with van der Waals surface area (Å²) in [5.41, 5.74) is -2.37. The van der Waals surface area contributed by atoms with Crippen LogP contribution in [0, 0.1) is 29.1 Å².